The third-order valence-corrected chi connectivity index (χ3v) is 4.84. The summed E-state index contributed by atoms with van der Waals surface area (Å²) in [6.07, 6.45) is -0.868. The molecule has 0 bridgehead atoms. The van der Waals surface area contributed by atoms with E-state index in [9.17, 15) is 4.79 Å². The summed E-state index contributed by atoms with van der Waals surface area (Å²) < 4.78 is 4.42. The minimum atomic E-state index is -0.868. The number of para-hydroxylation sites is 1. The molecule has 1 aliphatic heterocycles. The molecule has 24 heavy (non-hydrogen) atoms. The molecule has 1 fully saturated rings. The van der Waals surface area contributed by atoms with E-state index >= 15 is 0 Å². The largest absolute Gasteiger partial charge is 0.465 e. The van der Waals surface area contributed by atoms with Crippen molar-refractivity contribution in [3.8, 4) is 11.5 Å². The number of pyridine rings is 1. The van der Waals surface area contributed by atoms with E-state index in [1.165, 1.54) is 16.4 Å². The van der Waals surface area contributed by atoms with Gasteiger partial charge in [0.15, 0.2) is 5.82 Å². The zero-order chi connectivity index (χ0) is 16.5. The third kappa shape index (κ3) is 2.76. The second-order valence-corrected chi connectivity index (χ2v) is 6.28. The van der Waals surface area contributed by atoms with Crippen LogP contribution in [0.15, 0.2) is 36.4 Å². The molecule has 0 saturated carbocycles. The molecule has 0 aliphatic carbocycles. The van der Waals surface area contributed by atoms with E-state index < -0.39 is 6.09 Å². The van der Waals surface area contributed by atoms with Crippen LogP contribution in [0.25, 0.3) is 22.4 Å². The topological polar surface area (TPSA) is 82.5 Å². The highest BCUT2D eigenvalue weighted by Crippen LogP contribution is 2.25. The second-order valence-electron chi connectivity index (χ2n) is 5.55. The number of hydrogen-bond acceptors (Lipinski definition) is 6. The van der Waals surface area contributed by atoms with Crippen LogP contribution < -0.4 is 4.90 Å². The molecule has 1 aromatic carbocycles. The van der Waals surface area contributed by atoms with Crippen molar-refractivity contribution < 1.29 is 9.90 Å². The molecule has 0 radical (unpaired) electrons. The first-order valence-electron chi connectivity index (χ1n) is 7.63. The molecule has 0 atom stereocenters. The van der Waals surface area contributed by atoms with Crippen molar-refractivity contribution in [3.05, 3.63) is 36.4 Å². The van der Waals surface area contributed by atoms with Crippen LogP contribution in [0, 0.1) is 0 Å². The Bertz CT molecular complexity index is 889. The Balaban J connectivity index is 1.55. The van der Waals surface area contributed by atoms with Gasteiger partial charge in [0.1, 0.15) is 5.69 Å². The molecule has 0 unspecified atom stereocenters. The van der Waals surface area contributed by atoms with Gasteiger partial charge < -0.3 is 14.9 Å². The molecule has 1 N–H and O–H groups in total. The Labute approximate surface area is 142 Å². The number of amides is 1. The molecule has 3 heterocycles. The van der Waals surface area contributed by atoms with Crippen molar-refractivity contribution in [2.75, 3.05) is 31.1 Å². The van der Waals surface area contributed by atoms with E-state index in [0.29, 0.717) is 32.0 Å². The fraction of sp³-hybridized carbons (Fsp3) is 0.250. The smallest absolute Gasteiger partial charge is 0.407 e. The van der Waals surface area contributed by atoms with Crippen LogP contribution in [0.5, 0.6) is 0 Å². The van der Waals surface area contributed by atoms with Crippen LogP contribution in [0.2, 0.25) is 0 Å². The molecule has 1 amide bonds. The van der Waals surface area contributed by atoms with Gasteiger partial charge in [0, 0.05) is 43.1 Å². The molecule has 122 valence electrons. The Hall–Kier alpha value is -2.74. The summed E-state index contributed by atoms with van der Waals surface area (Å²) >= 11 is 1.32. The highest BCUT2D eigenvalue weighted by atomic mass is 32.1. The van der Waals surface area contributed by atoms with Gasteiger partial charge in [0.05, 0.1) is 5.52 Å². The molecule has 7 nitrogen and oxygen atoms in total. The van der Waals surface area contributed by atoms with Gasteiger partial charge in [0.2, 0.25) is 5.13 Å². The van der Waals surface area contributed by atoms with Crippen molar-refractivity contribution in [1.82, 2.24) is 19.2 Å². The lowest BCUT2D eigenvalue weighted by atomic mass is 10.2. The summed E-state index contributed by atoms with van der Waals surface area (Å²) in [6, 6.07) is 11.9. The average molecular weight is 341 g/mol. The van der Waals surface area contributed by atoms with E-state index in [4.69, 9.17) is 5.11 Å². The highest BCUT2D eigenvalue weighted by Gasteiger charge is 2.23. The van der Waals surface area contributed by atoms with Crippen molar-refractivity contribution in [1.29, 1.82) is 0 Å². The maximum atomic E-state index is 11.0. The van der Waals surface area contributed by atoms with Gasteiger partial charge in [0.25, 0.3) is 0 Å². The van der Waals surface area contributed by atoms with E-state index in [-0.39, 0.29) is 0 Å². The average Bonchev–Trinajstić information content (AvgIpc) is 3.11. The quantitative estimate of drug-likeness (QED) is 0.771. The van der Waals surface area contributed by atoms with E-state index in [1.807, 2.05) is 36.4 Å². The minimum Gasteiger partial charge on any atom is -0.465 e. The van der Waals surface area contributed by atoms with E-state index in [2.05, 4.69) is 19.2 Å². The fourth-order valence-corrected chi connectivity index (χ4v) is 3.46. The van der Waals surface area contributed by atoms with Gasteiger partial charge in [-0.15, -0.1) is 0 Å². The maximum absolute atomic E-state index is 11.0. The first-order chi connectivity index (χ1) is 11.7. The molecular weight excluding hydrogens is 326 g/mol. The number of nitrogens with zero attached hydrogens (tertiary/aromatic N) is 5. The van der Waals surface area contributed by atoms with Crippen molar-refractivity contribution in [2.24, 2.45) is 0 Å². The van der Waals surface area contributed by atoms with Crippen LogP contribution in [-0.2, 0) is 0 Å². The van der Waals surface area contributed by atoms with Gasteiger partial charge in [-0.25, -0.2) is 9.78 Å². The number of benzene rings is 1. The lowest BCUT2D eigenvalue weighted by Gasteiger charge is -2.32. The summed E-state index contributed by atoms with van der Waals surface area (Å²) in [5.41, 5.74) is 1.67. The summed E-state index contributed by atoms with van der Waals surface area (Å²) in [4.78, 5) is 23.7. The normalized spacial score (nSPS) is 15.0. The third-order valence-electron chi connectivity index (χ3n) is 4.06. The molecule has 4 rings (SSSR count). The highest BCUT2D eigenvalue weighted by molar-refractivity contribution is 7.09. The summed E-state index contributed by atoms with van der Waals surface area (Å²) in [7, 11) is 0. The predicted molar refractivity (Wildman–Crippen MR) is 92.5 cm³/mol. The lowest BCUT2D eigenvalue weighted by Crippen LogP contribution is -2.48. The zero-order valence-corrected chi connectivity index (χ0v) is 13.6. The van der Waals surface area contributed by atoms with Crippen molar-refractivity contribution >= 4 is 33.7 Å². The minimum absolute atomic E-state index is 0.485. The molecular formula is C16H15N5O2S. The first kappa shape index (κ1) is 14.8. The summed E-state index contributed by atoms with van der Waals surface area (Å²) in [5.74, 6) is 0.612. The van der Waals surface area contributed by atoms with Crippen LogP contribution in [0.1, 0.15) is 0 Å². The second kappa shape index (κ2) is 6.04. The molecule has 8 heteroatoms. The number of aromatic nitrogens is 3. The van der Waals surface area contributed by atoms with Crippen LogP contribution >= 0.6 is 11.5 Å². The summed E-state index contributed by atoms with van der Waals surface area (Å²) in [5, 5.41) is 10.9. The molecule has 1 saturated heterocycles. The summed E-state index contributed by atoms with van der Waals surface area (Å²) in [6.45, 7) is 2.23. The van der Waals surface area contributed by atoms with Crippen molar-refractivity contribution in [3.63, 3.8) is 0 Å². The van der Waals surface area contributed by atoms with Gasteiger partial charge in [-0.3, -0.25) is 0 Å². The molecule has 2 aromatic heterocycles. The van der Waals surface area contributed by atoms with Gasteiger partial charge >= 0.3 is 6.09 Å². The number of hydrogen-bond donors (Lipinski definition) is 1. The number of carbonyl (C=O) groups is 1. The Morgan fingerprint density at radius 1 is 1.04 bits per heavy atom. The van der Waals surface area contributed by atoms with Crippen LogP contribution in [-0.4, -0.2) is 56.6 Å². The Morgan fingerprint density at radius 3 is 2.62 bits per heavy atom. The number of anilines is 1. The maximum Gasteiger partial charge on any atom is 0.407 e. The SMILES string of the molecule is O=C(O)N1CCN(c2nc(-c3ccc4ccccc4n3)ns2)CC1. The van der Waals surface area contributed by atoms with Crippen molar-refractivity contribution in [2.45, 2.75) is 0 Å². The van der Waals surface area contributed by atoms with Gasteiger partial charge in [-0.1, -0.05) is 24.3 Å². The first-order valence-corrected chi connectivity index (χ1v) is 8.41. The predicted octanol–water partition coefficient (Wildman–Crippen LogP) is 2.55. The Morgan fingerprint density at radius 2 is 1.83 bits per heavy atom. The van der Waals surface area contributed by atoms with E-state index in [1.54, 1.807) is 0 Å². The molecule has 0 spiro atoms. The zero-order valence-electron chi connectivity index (χ0n) is 12.8. The van der Waals surface area contributed by atoms with Crippen LogP contribution in [0.4, 0.5) is 9.93 Å². The standard InChI is InChI=1S/C16H15N5O2S/c22-16(23)21-9-7-20(8-10-21)15-18-14(19-24-15)13-6-5-11-3-1-2-4-12(11)17-13/h1-6H,7-10H2,(H,22,23). The number of carboxylic acid groups (broad SMARTS) is 1. The fourth-order valence-electron chi connectivity index (χ4n) is 2.73. The number of rotatable bonds is 2. The number of fused-ring (bicyclic) bond motifs is 1. The molecule has 1 aliphatic rings. The Kier molecular flexibility index (Phi) is 3.73. The van der Waals surface area contributed by atoms with Gasteiger partial charge in [-0.2, -0.15) is 9.36 Å². The van der Waals surface area contributed by atoms with E-state index in [0.717, 1.165) is 21.7 Å². The van der Waals surface area contributed by atoms with Gasteiger partial charge in [-0.05, 0) is 12.1 Å². The monoisotopic (exact) mass is 341 g/mol. The number of piperazine rings is 1. The molecule has 3 aromatic rings. The van der Waals surface area contributed by atoms with Crippen LogP contribution in [0.3, 0.4) is 0 Å². The lowest BCUT2D eigenvalue weighted by molar-refractivity contribution is 0.142.